The van der Waals surface area contributed by atoms with E-state index in [9.17, 15) is 14.7 Å². The number of amides is 1. The third-order valence-electron chi connectivity index (χ3n) is 4.02. The number of thiophene rings is 1. The van der Waals surface area contributed by atoms with Crippen LogP contribution in [-0.2, 0) is 22.6 Å². The van der Waals surface area contributed by atoms with Crippen molar-refractivity contribution >= 4 is 28.2 Å². The average molecular weight is 377 g/mol. The third-order valence-corrected chi connectivity index (χ3v) is 5.08. The van der Waals surface area contributed by atoms with Gasteiger partial charge in [0.25, 0.3) is 5.91 Å². The van der Waals surface area contributed by atoms with E-state index in [0.29, 0.717) is 11.4 Å². The Morgan fingerprint density at radius 2 is 2.08 bits per heavy atom. The van der Waals surface area contributed by atoms with Gasteiger partial charge in [0.15, 0.2) is 0 Å². The van der Waals surface area contributed by atoms with Crippen LogP contribution in [0.3, 0.4) is 0 Å². The Balaban J connectivity index is 2.04. The van der Waals surface area contributed by atoms with E-state index in [0.717, 1.165) is 21.8 Å². The second-order valence-corrected chi connectivity index (χ2v) is 7.02. The molecule has 0 aliphatic carbocycles. The number of aryl methyl sites for hydroxylation is 1. The molecule has 1 heterocycles. The first-order chi connectivity index (χ1) is 12.4. The summed E-state index contributed by atoms with van der Waals surface area (Å²) in [6, 6.07) is 7.40. The number of benzene rings is 1. The van der Waals surface area contributed by atoms with Crippen LogP contribution < -0.4 is 10.1 Å². The summed E-state index contributed by atoms with van der Waals surface area (Å²) in [7, 11) is 1.59. The van der Waals surface area contributed by atoms with Crippen LogP contribution in [0.1, 0.15) is 40.2 Å². The summed E-state index contributed by atoms with van der Waals surface area (Å²) in [5.41, 5.74) is 1.81. The summed E-state index contributed by atoms with van der Waals surface area (Å²) in [6.45, 7) is 5.64. The molecule has 7 heteroatoms. The maximum atomic E-state index is 12.4. The maximum absolute atomic E-state index is 12.4. The normalized spacial score (nSPS) is 11.8. The number of rotatable bonds is 8. The number of hydrogen-bond acceptors (Lipinski definition) is 5. The van der Waals surface area contributed by atoms with E-state index < -0.39 is 12.1 Å². The largest absolute Gasteiger partial charge is 0.497 e. The molecule has 0 aliphatic heterocycles. The molecule has 1 amide bonds. The van der Waals surface area contributed by atoms with E-state index in [1.54, 1.807) is 14.0 Å². The number of anilines is 1. The molecule has 6 nitrogen and oxygen atoms in total. The van der Waals surface area contributed by atoms with E-state index in [1.165, 1.54) is 11.3 Å². The molecule has 1 atom stereocenters. The smallest absolute Gasteiger partial charge is 0.339 e. The minimum absolute atomic E-state index is 0.170. The fourth-order valence-electron chi connectivity index (χ4n) is 2.59. The van der Waals surface area contributed by atoms with Crippen molar-refractivity contribution in [2.75, 3.05) is 12.4 Å². The van der Waals surface area contributed by atoms with Crippen LogP contribution in [0.15, 0.2) is 24.3 Å². The molecular formula is C19H23NO5S. The van der Waals surface area contributed by atoms with Gasteiger partial charge < -0.3 is 19.9 Å². The summed E-state index contributed by atoms with van der Waals surface area (Å²) < 4.78 is 10.8. The zero-order chi connectivity index (χ0) is 19.3. The zero-order valence-corrected chi connectivity index (χ0v) is 16.1. The Kier molecular flexibility index (Phi) is 6.76. The Bertz CT molecular complexity index is 799. The van der Waals surface area contributed by atoms with Crippen molar-refractivity contribution in [2.45, 2.75) is 39.9 Å². The molecule has 0 spiro atoms. The van der Waals surface area contributed by atoms with Gasteiger partial charge in [0, 0.05) is 4.88 Å². The standard InChI is InChI=1S/C19H23NO5S/c1-5-15-12(3)26-18(16(15)19(22)23)20-17(21)11(2)25-10-13-7-6-8-14(9-13)24-4/h6-9,11H,5,10H2,1-4H3,(H,20,21)(H,22,23). The van der Waals surface area contributed by atoms with Crippen LogP contribution in [0.5, 0.6) is 5.75 Å². The Morgan fingerprint density at radius 1 is 1.35 bits per heavy atom. The van der Waals surface area contributed by atoms with Gasteiger partial charge in [-0.15, -0.1) is 11.3 Å². The highest BCUT2D eigenvalue weighted by Gasteiger charge is 2.23. The van der Waals surface area contributed by atoms with Gasteiger partial charge in [-0.05, 0) is 43.5 Å². The van der Waals surface area contributed by atoms with Crippen LogP contribution in [0.4, 0.5) is 5.00 Å². The first kappa shape index (κ1) is 19.9. The lowest BCUT2D eigenvalue weighted by Crippen LogP contribution is -2.28. The predicted octanol–water partition coefficient (Wildman–Crippen LogP) is 3.87. The molecule has 1 aromatic heterocycles. The van der Waals surface area contributed by atoms with Gasteiger partial charge in [0.2, 0.25) is 0 Å². The number of carbonyl (C=O) groups is 2. The van der Waals surface area contributed by atoms with Gasteiger partial charge in [-0.2, -0.15) is 0 Å². The number of carboxylic acids is 1. The molecule has 140 valence electrons. The molecule has 0 bridgehead atoms. The van der Waals surface area contributed by atoms with E-state index in [4.69, 9.17) is 9.47 Å². The number of hydrogen-bond donors (Lipinski definition) is 2. The van der Waals surface area contributed by atoms with Gasteiger partial charge in [-0.1, -0.05) is 19.1 Å². The monoisotopic (exact) mass is 377 g/mol. The second kappa shape index (κ2) is 8.82. The molecule has 2 rings (SSSR count). The van der Waals surface area contributed by atoms with Crippen LogP contribution in [0.2, 0.25) is 0 Å². The lowest BCUT2D eigenvalue weighted by atomic mass is 10.1. The number of aromatic carboxylic acids is 1. The van der Waals surface area contributed by atoms with E-state index >= 15 is 0 Å². The molecule has 2 aromatic rings. The van der Waals surface area contributed by atoms with E-state index in [2.05, 4.69) is 5.32 Å². The number of carbonyl (C=O) groups excluding carboxylic acids is 1. The van der Waals surface area contributed by atoms with Crippen LogP contribution in [0.25, 0.3) is 0 Å². The van der Waals surface area contributed by atoms with Gasteiger partial charge in [-0.3, -0.25) is 4.79 Å². The SMILES string of the molecule is CCc1c(C)sc(NC(=O)C(C)OCc2cccc(OC)c2)c1C(=O)O. The van der Waals surface area contributed by atoms with Crippen molar-refractivity contribution in [3.05, 3.63) is 45.8 Å². The molecule has 0 fully saturated rings. The lowest BCUT2D eigenvalue weighted by molar-refractivity contribution is -0.127. The number of carboxylic acid groups (broad SMARTS) is 1. The molecule has 0 saturated carbocycles. The van der Waals surface area contributed by atoms with Crippen molar-refractivity contribution in [3.63, 3.8) is 0 Å². The van der Waals surface area contributed by atoms with Crippen LogP contribution in [-0.4, -0.2) is 30.2 Å². The summed E-state index contributed by atoms with van der Waals surface area (Å²) in [5, 5.41) is 12.5. The molecule has 26 heavy (non-hydrogen) atoms. The average Bonchev–Trinajstić information content (AvgIpc) is 2.94. The fourth-order valence-corrected chi connectivity index (χ4v) is 3.73. The second-order valence-electron chi connectivity index (χ2n) is 5.79. The van der Waals surface area contributed by atoms with Crippen LogP contribution in [0, 0.1) is 6.92 Å². The first-order valence-electron chi connectivity index (χ1n) is 8.28. The number of methoxy groups -OCH3 is 1. The summed E-state index contributed by atoms with van der Waals surface area (Å²) in [4.78, 5) is 24.8. The maximum Gasteiger partial charge on any atom is 0.339 e. The molecular weight excluding hydrogens is 354 g/mol. The minimum atomic E-state index is -1.04. The topological polar surface area (TPSA) is 84.9 Å². The molecule has 2 N–H and O–H groups in total. The summed E-state index contributed by atoms with van der Waals surface area (Å²) >= 11 is 1.27. The Hall–Kier alpha value is -2.38. The number of nitrogens with one attached hydrogen (secondary N) is 1. The Morgan fingerprint density at radius 3 is 2.69 bits per heavy atom. The highest BCUT2D eigenvalue weighted by atomic mass is 32.1. The van der Waals surface area contributed by atoms with Gasteiger partial charge in [0.05, 0.1) is 19.3 Å². The van der Waals surface area contributed by atoms with Crippen molar-refractivity contribution in [1.82, 2.24) is 0 Å². The van der Waals surface area contributed by atoms with Crippen molar-refractivity contribution in [1.29, 1.82) is 0 Å². The predicted molar refractivity (Wildman–Crippen MR) is 101 cm³/mol. The van der Waals surface area contributed by atoms with Crippen molar-refractivity contribution < 1.29 is 24.2 Å². The minimum Gasteiger partial charge on any atom is -0.497 e. The molecule has 0 aliphatic rings. The fraction of sp³-hybridized carbons (Fsp3) is 0.368. The first-order valence-corrected chi connectivity index (χ1v) is 9.09. The zero-order valence-electron chi connectivity index (χ0n) is 15.3. The highest BCUT2D eigenvalue weighted by molar-refractivity contribution is 7.16. The van der Waals surface area contributed by atoms with Gasteiger partial charge >= 0.3 is 5.97 Å². The molecule has 0 radical (unpaired) electrons. The van der Waals surface area contributed by atoms with Crippen LogP contribution >= 0.6 is 11.3 Å². The van der Waals surface area contributed by atoms with Crippen molar-refractivity contribution in [2.24, 2.45) is 0 Å². The third kappa shape index (κ3) is 4.62. The highest BCUT2D eigenvalue weighted by Crippen LogP contribution is 2.33. The van der Waals surface area contributed by atoms with E-state index in [-0.39, 0.29) is 18.1 Å². The quantitative estimate of drug-likeness (QED) is 0.729. The van der Waals surface area contributed by atoms with E-state index in [1.807, 2.05) is 38.1 Å². The molecule has 0 saturated heterocycles. The molecule has 1 unspecified atom stereocenters. The molecule has 1 aromatic carbocycles. The summed E-state index contributed by atoms with van der Waals surface area (Å²) in [5.74, 6) is -0.693. The number of ether oxygens (including phenoxy) is 2. The van der Waals surface area contributed by atoms with Gasteiger partial charge in [-0.25, -0.2) is 4.79 Å². The van der Waals surface area contributed by atoms with Crippen molar-refractivity contribution in [3.8, 4) is 5.75 Å². The van der Waals surface area contributed by atoms with Gasteiger partial charge in [0.1, 0.15) is 16.9 Å². The Labute approximate surface area is 156 Å². The summed E-state index contributed by atoms with van der Waals surface area (Å²) in [6.07, 6.45) is -0.128. The lowest BCUT2D eigenvalue weighted by Gasteiger charge is -2.13.